The van der Waals surface area contributed by atoms with E-state index in [2.05, 4.69) is 11.4 Å². The molecule has 1 aromatic heterocycles. The third kappa shape index (κ3) is 4.81. The SMILES string of the molecule is Cc1ccc(C)c(S(=O)(=O)N2CCN(C(=O)CN(C)Cc3ccsc3)CC2)c1. The fourth-order valence-corrected chi connectivity index (χ4v) is 5.78. The number of carbonyl (C=O) groups excluding carboxylic acids is 1. The van der Waals surface area contributed by atoms with Crippen LogP contribution in [-0.4, -0.2) is 68.2 Å². The van der Waals surface area contributed by atoms with E-state index in [0.29, 0.717) is 37.6 Å². The van der Waals surface area contributed by atoms with Crippen LogP contribution < -0.4 is 0 Å². The summed E-state index contributed by atoms with van der Waals surface area (Å²) in [5, 5.41) is 4.11. The van der Waals surface area contributed by atoms with Crippen LogP contribution in [0.2, 0.25) is 0 Å². The van der Waals surface area contributed by atoms with Gasteiger partial charge in [0.15, 0.2) is 0 Å². The van der Waals surface area contributed by atoms with Crippen molar-refractivity contribution in [2.75, 3.05) is 39.8 Å². The van der Waals surface area contributed by atoms with Crippen LogP contribution >= 0.6 is 11.3 Å². The first kappa shape index (κ1) is 21.0. The molecule has 0 aliphatic carbocycles. The summed E-state index contributed by atoms with van der Waals surface area (Å²) in [5.41, 5.74) is 2.87. The van der Waals surface area contributed by atoms with Crippen LogP contribution in [0.1, 0.15) is 16.7 Å². The Morgan fingerprint density at radius 3 is 2.50 bits per heavy atom. The number of carbonyl (C=O) groups is 1. The lowest BCUT2D eigenvalue weighted by Gasteiger charge is -2.35. The summed E-state index contributed by atoms with van der Waals surface area (Å²) in [6.45, 7) is 6.28. The van der Waals surface area contributed by atoms with Gasteiger partial charge in [0.05, 0.1) is 11.4 Å². The molecule has 6 nitrogen and oxygen atoms in total. The molecule has 0 spiro atoms. The standard InChI is InChI=1S/C20H27N3O3S2/c1-16-4-5-17(2)19(12-16)28(25,26)23-9-7-22(8-10-23)20(24)14-21(3)13-18-6-11-27-15-18/h4-6,11-12,15H,7-10,13-14H2,1-3H3. The van der Waals surface area contributed by atoms with Crippen molar-refractivity contribution in [1.29, 1.82) is 0 Å². The highest BCUT2D eigenvalue weighted by atomic mass is 32.2. The largest absolute Gasteiger partial charge is 0.339 e. The number of rotatable bonds is 6. The van der Waals surface area contributed by atoms with E-state index >= 15 is 0 Å². The molecule has 0 atom stereocenters. The molecule has 0 N–H and O–H groups in total. The maximum Gasteiger partial charge on any atom is 0.243 e. The lowest BCUT2D eigenvalue weighted by molar-refractivity contribution is -0.133. The summed E-state index contributed by atoms with van der Waals surface area (Å²) in [5.74, 6) is 0.0431. The molecule has 0 radical (unpaired) electrons. The molecule has 2 heterocycles. The Kier molecular flexibility index (Phi) is 6.54. The van der Waals surface area contributed by atoms with E-state index in [1.807, 2.05) is 43.3 Å². The molecule has 1 saturated heterocycles. The van der Waals surface area contributed by atoms with Gasteiger partial charge in [-0.2, -0.15) is 15.6 Å². The minimum Gasteiger partial charge on any atom is -0.339 e. The van der Waals surface area contributed by atoms with Crippen LogP contribution in [0, 0.1) is 13.8 Å². The maximum absolute atomic E-state index is 13.0. The first-order valence-electron chi connectivity index (χ1n) is 9.32. The van der Waals surface area contributed by atoms with Crippen LogP contribution in [0.25, 0.3) is 0 Å². The molecule has 0 saturated carbocycles. The van der Waals surface area contributed by atoms with Crippen molar-refractivity contribution in [3.05, 3.63) is 51.7 Å². The molecule has 2 aromatic rings. The number of nitrogens with zero attached hydrogens (tertiary/aromatic N) is 3. The monoisotopic (exact) mass is 421 g/mol. The highest BCUT2D eigenvalue weighted by Crippen LogP contribution is 2.22. The molecular weight excluding hydrogens is 394 g/mol. The van der Waals surface area contributed by atoms with Gasteiger partial charge in [-0.3, -0.25) is 9.69 Å². The molecule has 0 unspecified atom stereocenters. The number of likely N-dealkylation sites (N-methyl/N-ethyl adjacent to an activating group) is 1. The van der Waals surface area contributed by atoms with Crippen LogP contribution in [0.4, 0.5) is 0 Å². The van der Waals surface area contributed by atoms with Crippen molar-refractivity contribution in [2.24, 2.45) is 0 Å². The van der Waals surface area contributed by atoms with Crippen molar-refractivity contribution >= 4 is 27.3 Å². The van der Waals surface area contributed by atoms with Crippen LogP contribution in [0.5, 0.6) is 0 Å². The summed E-state index contributed by atoms with van der Waals surface area (Å²) < 4.78 is 27.5. The zero-order valence-corrected chi connectivity index (χ0v) is 18.2. The van der Waals surface area contributed by atoms with Crippen molar-refractivity contribution in [2.45, 2.75) is 25.3 Å². The number of piperazine rings is 1. The quantitative estimate of drug-likeness (QED) is 0.718. The molecule has 1 amide bonds. The third-order valence-corrected chi connectivity index (χ3v) is 7.76. The Labute approximate surface area is 171 Å². The van der Waals surface area contributed by atoms with Gasteiger partial charge in [-0.05, 0) is 60.5 Å². The lowest BCUT2D eigenvalue weighted by atomic mass is 10.2. The summed E-state index contributed by atoms with van der Waals surface area (Å²) >= 11 is 1.65. The van der Waals surface area contributed by atoms with Gasteiger partial charge in [-0.1, -0.05) is 12.1 Å². The van der Waals surface area contributed by atoms with Gasteiger partial charge in [0.2, 0.25) is 15.9 Å². The third-order valence-electron chi connectivity index (χ3n) is 4.99. The van der Waals surface area contributed by atoms with Crippen molar-refractivity contribution in [1.82, 2.24) is 14.1 Å². The van der Waals surface area contributed by atoms with Crippen molar-refractivity contribution < 1.29 is 13.2 Å². The zero-order chi connectivity index (χ0) is 20.3. The van der Waals surface area contributed by atoms with Gasteiger partial charge in [0, 0.05) is 32.7 Å². The van der Waals surface area contributed by atoms with Crippen LogP contribution in [-0.2, 0) is 21.4 Å². The lowest BCUT2D eigenvalue weighted by Crippen LogP contribution is -2.52. The van der Waals surface area contributed by atoms with Crippen molar-refractivity contribution in [3.63, 3.8) is 0 Å². The van der Waals surface area contributed by atoms with E-state index in [4.69, 9.17) is 0 Å². The smallest absolute Gasteiger partial charge is 0.243 e. The predicted octanol–water partition coefficient (Wildman–Crippen LogP) is 2.33. The average molecular weight is 422 g/mol. The Balaban J connectivity index is 1.57. The molecule has 1 aromatic carbocycles. The van der Waals surface area contributed by atoms with E-state index in [-0.39, 0.29) is 5.91 Å². The second-order valence-corrected chi connectivity index (χ2v) is 10.0. The van der Waals surface area contributed by atoms with E-state index in [1.165, 1.54) is 9.87 Å². The van der Waals surface area contributed by atoms with Crippen LogP contribution in [0.15, 0.2) is 39.9 Å². The molecule has 0 bridgehead atoms. The second-order valence-electron chi connectivity index (χ2n) is 7.36. The molecule has 8 heteroatoms. The van der Waals surface area contributed by atoms with Gasteiger partial charge < -0.3 is 4.90 Å². The molecule has 3 rings (SSSR count). The first-order valence-corrected chi connectivity index (χ1v) is 11.7. The van der Waals surface area contributed by atoms with E-state index < -0.39 is 10.0 Å². The Morgan fingerprint density at radius 2 is 1.86 bits per heavy atom. The topological polar surface area (TPSA) is 60.9 Å². The summed E-state index contributed by atoms with van der Waals surface area (Å²) in [6.07, 6.45) is 0. The zero-order valence-electron chi connectivity index (χ0n) is 16.6. The number of hydrogen-bond acceptors (Lipinski definition) is 5. The fraction of sp³-hybridized carbons (Fsp3) is 0.450. The Bertz CT molecular complexity index is 918. The molecular formula is C20H27N3O3S2. The number of thiophene rings is 1. The van der Waals surface area contributed by atoms with Gasteiger partial charge in [0.1, 0.15) is 0 Å². The summed E-state index contributed by atoms with van der Waals surface area (Å²) in [4.78, 5) is 16.7. The number of hydrogen-bond donors (Lipinski definition) is 0. The summed E-state index contributed by atoms with van der Waals surface area (Å²) in [7, 11) is -1.61. The number of amides is 1. The van der Waals surface area contributed by atoms with E-state index in [9.17, 15) is 13.2 Å². The minimum atomic E-state index is -3.54. The molecule has 28 heavy (non-hydrogen) atoms. The molecule has 152 valence electrons. The molecule has 1 aliphatic rings. The summed E-state index contributed by atoms with van der Waals surface area (Å²) in [6, 6.07) is 7.53. The Morgan fingerprint density at radius 1 is 1.14 bits per heavy atom. The van der Waals surface area contributed by atoms with Crippen molar-refractivity contribution in [3.8, 4) is 0 Å². The normalized spacial score (nSPS) is 15.9. The minimum absolute atomic E-state index is 0.0431. The molecule has 1 aliphatic heterocycles. The highest BCUT2D eigenvalue weighted by molar-refractivity contribution is 7.89. The fourth-order valence-electron chi connectivity index (χ4n) is 3.38. The maximum atomic E-state index is 13.0. The average Bonchev–Trinajstić information content (AvgIpc) is 3.16. The van der Waals surface area contributed by atoms with Gasteiger partial charge in [-0.25, -0.2) is 8.42 Å². The van der Waals surface area contributed by atoms with Gasteiger partial charge in [-0.15, -0.1) is 0 Å². The predicted molar refractivity (Wildman–Crippen MR) is 112 cm³/mol. The van der Waals surface area contributed by atoms with Gasteiger partial charge in [0.25, 0.3) is 0 Å². The second kappa shape index (κ2) is 8.73. The van der Waals surface area contributed by atoms with E-state index in [0.717, 1.165) is 17.7 Å². The number of aryl methyl sites for hydroxylation is 2. The number of sulfonamides is 1. The highest BCUT2D eigenvalue weighted by Gasteiger charge is 2.31. The van der Waals surface area contributed by atoms with Gasteiger partial charge >= 0.3 is 0 Å². The Hall–Kier alpha value is -1.74. The van der Waals surface area contributed by atoms with Crippen LogP contribution in [0.3, 0.4) is 0 Å². The first-order chi connectivity index (χ1) is 13.3. The number of benzene rings is 1. The van der Waals surface area contributed by atoms with E-state index in [1.54, 1.807) is 22.3 Å². The molecule has 1 fully saturated rings.